The summed E-state index contributed by atoms with van der Waals surface area (Å²) in [7, 11) is 0. The van der Waals surface area contributed by atoms with Crippen LogP contribution >= 0.6 is 23.2 Å². The predicted molar refractivity (Wildman–Crippen MR) is 85.8 cm³/mol. The Bertz CT molecular complexity index is 418. The molecule has 0 spiro atoms. The lowest BCUT2D eigenvalue weighted by molar-refractivity contribution is 0.0954. The first-order chi connectivity index (χ1) is 9.63. The van der Waals surface area contributed by atoms with E-state index in [-0.39, 0.29) is 0 Å². The SMILES string of the molecule is CCCNC(Cc1c(Cl)cccc1Cl)C1CCOC1C. The molecule has 1 N–H and O–H groups in total. The van der Waals surface area contributed by atoms with Crippen molar-refractivity contribution in [2.45, 2.75) is 45.3 Å². The monoisotopic (exact) mass is 315 g/mol. The van der Waals surface area contributed by atoms with Crippen molar-refractivity contribution in [1.82, 2.24) is 5.32 Å². The number of halogens is 2. The number of benzene rings is 1. The summed E-state index contributed by atoms with van der Waals surface area (Å²) in [5, 5.41) is 5.16. The summed E-state index contributed by atoms with van der Waals surface area (Å²) in [6.07, 6.45) is 3.38. The highest BCUT2D eigenvalue weighted by atomic mass is 35.5. The van der Waals surface area contributed by atoms with E-state index in [0.29, 0.717) is 18.1 Å². The van der Waals surface area contributed by atoms with Gasteiger partial charge in [-0.1, -0.05) is 36.2 Å². The topological polar surface area (TPSA) is 21.3 Å². The molecule has 1 aliphatic heterocycles. The van der Waals surface area contributed by atoms with Gasteiger partial charge in [0.25, 0.3) is 0 Å². The summed E-state index contributed by atoms with van der Waals surface area (Å²) in [6.45, 7) is 6.20. The maximum atomic E-state index is 6.31. The third kappa shape index (κ3) is 3.88. The fourth-order valence-corrected chi connectivity index (χ4v) is 3.48. The largest absolute Gasteiger partial charge is 0.378 e. The molecule has 1 saturated heterocycles. The average molecular weight is 316 g/mol. The lowest BCUT2D eigenvalue weighted by Gasteiger charge is -2.27. The van der Waals surface area contributed by atoms with Crippen LogP contribution in [-0.4, -0.2) is 25.3 Å². The lowest BCUT2D eigenvalue weighted by atomic mass is 9.88. The molecule has 0 aliphatic carbocycles. The van der Waals surface area contributed by atoms with Gasteiger partial charge >= 0.3 is 0 Å². The highest BCUT2D eigenvalue weighted by Crippen LogP contribution is 2.31. The van der Waals surface area contributed by atoms with E-state index in [1.807, 2.05) is 18.2 Å². The van der Waals surface area contributed by atoms with Crippen LogP contribution in [0, 0.1) is 5.92 Å². The third-order valence-electron chi connectivity index (χ3n) is 4.09. The highest BCUT2D eigenvalue weighted by Gasteiger charge is 2.32. The summed E-state index contributed by atoms with van der Waals surface area (Å²) >= 11 is 12.6. The quantitative estimate of drug-likeness (QED) is 0.843. The molecule has 3 atom stereocenters. The van der Waals surface area contributed by atoms with E-state index in [1.165, 1.54) is 0 Å². The van der Waals surface area contributed by atoms with Crippen LogP contribution in [0.3, 0.4) is 0 Å². The summed E-state index contributed by atoms with van der Waals surface area (Å²) in [5.41, 5.74) is 1.04. The van der Waals surface area contributed by atoms with E-state index in [0.717, 1.165) is 48.0 Å². The minimum Gasteiger partial charge on any atom is -0.378 e. The van der Waals surface area contributed by atoms with Gasteiger partial charge < -0.3 is 10.1 Å². The molecule has 0 aromatic heterocycles. The Kier molecular flexibility index (Phi) is 6.16. The van der Waals surface area contributed by atoms with Crippen molar-refractivity contribution in [1.29, 1.82) is 0 Å². The predicted octanol–water partition coefficient (Wildman–Crippen LogP) is 4.33. The van der Waals surface area contributed by atoms with Crippen LogP contribution in [0.25, 0.3) is 0 Å². The van der Waals surface area contributed by atoms with Gasteiger partial charge in [0.2, 0.25) is 0 Å². The van der Waals surface area contributed by atoms with Crippen LogP contribution in [-0.2, 0) is 11.2 Å². The van der Waals surface area contributed by atoms with Gasteiger partial charge in [0.1, 0.15) is 0 Å². The zero-order chi connectivity index (χ0) is 14.5. The van der Waals surface area contributed by atoms with Crippen molar-refractivity contribution in [3.05, 3.63) is 33.8 Å². The van der Waals surface area contributed by atoms with Crippen molar-refractivity contribution in [3.8, 4) is 0 Å². The van der Waals surface area contributed by atoms with Crippen LogP contribution < -0.4 is 5.32 Å². The molecule has 1 heterocycles. The third-order valence-corrected chi connectivity index (χ3v) is 4.80. The van der Waals surface area contributed by atoms with Crippen molar-refractivity contribution < 1.29 is 4.74 Å². The summed E-state index contributed by atoms with van der Waals surface area (Å²) in [6, 6.07) is 6.08. The van der Waals surface area contributed by atoms with E-state index in [4.69, 9.17) is 27.9 Å². The summed E-state index contributed by atoms with van der Waals surface area (Å²) in [4.78, 5) is 0. The van der Waals surface area contributed by atoms with Crippen LogP contribution in [0.4, 0.5) is 0 Å². The van der Waals surface area contributed by atoms with Crippen LogP contribution in [0.15, 0.2) is 18.2 Å². The Balaban J connectivity index is 2.14. The zero-order valence-electron chi connectivity index (χ0n) is 12.2. The first-order valence-electron chi connectivity index (χ1n) is 7.41. The Labute approximate surface area is 131 Å². The standard InChI is InChI=1S/C16H23Cl2NO/c1-3-8-19-16(12-7-9-20-11(12)2)10-13-14(17)5-4-6-15(13)18/h4-6,11-12,16,19H,3,7-10H2,1-2H3. The highest BCUT2D eigenvalue weighted by molar-refractivity contribution is 6.36. The average Bonchev–Trinajstić information content (AvgIpc) is 2.84. The second-order valence-electron chi connectivity index (χ2n) is 5.49. The molecule has 4 heteroatoms. The Morgan fingerprint density at radius 2 is 2.05 bits per heavy atom. The van der Waals surface area contributed by atoms with Crippen molar-refractivity contribution in [2.75, 3.05) is 13.2 Å². The zero-order valence-corrected chi connectivity index (χ0v) is 13.7. The molecule has 1 fully saturated rings. The first kappa shape index (κ1) is 16.1. The molecule has 0 amide bonds. The van der Waals surface area contributed by atoms with E-state index < -0.39 is 0 Å². The number of ether oxygens (including phenoxy) is 1. The molecule has 1 aromatic rings. The number of hydrogen-bond acceptors (Lipinski definition) is 2. The second-order valence-corrected chi connectivity index (χ2v) is 6.31. The van der Waals surface area contributed by atoms with Gasteiger partial charge in [0, 0.05) is 28.6 Å². The molecular formula is C16H23Cl2NO. The van der Waals surface area contributed by atoms with E-state index in [2.05, 4.69) is 19.2 Å². The summed E-state index contributed by atoms with van der Waals surface area (Å²) in [5.74, 6) is 0.522. The molecule has 0 radical (unpaired) electrons. The minimum absolute atomic E-state index is 0.297. The number of hydrogen-bond donors (Lipinski definition) is 1. The van der Waals surface area contributed by atoms with Crippen molar-refractivity contribution in [2.24, 2.45) is 5.92 Å². The fraction of sp³-hybridized carbons (Fsp3) is 0.625. The van der Waals surface area contributed by atoms with Crippen molar-refractivity contribution >= 4 is 23.2 Å². The molecule has 2 nitrogen and oxygen atoms in total. The molecule has 1 aliphatic rings. The van der Waals surface area contributed by atoms with Gasteiger partial charge in [0.05, 0.1) is 6.10 Å². The molecule has 20 heavy (non-hydrogen) atoms. The van der Waals surface area contributed by atoms with Crippen LogP contribution in [0.1, 0.15) is 32.3 Å². The van der Waals surface area contributed by atoms with Gasteiger partial charge in [-0.3, -0.25) is 0 Å². The maximum absolute atomic E-state index is 6.31. The maximum Gasteiger partial charge on any atom is 0.0590 e. The van der Waals surface area contributed by atoms with Gasteiger partial charge in [-0.2, -0.15) is 0 Å². The van der Waals surface area contributed by atoms with E-state index in [9.17, 15) is 0 Å². The Morgan fingerprint density at radius 1 is 1.35 bits per heavy atom. The van der Waals surface area contributed by atoms with Crippen molar-refractivity contribution in [3.63, 3.8) is 0 Å². The normalized spacial score (nSPS) is 24.0. The summed E-state index contributed by atoms with van der Waals surface area (Å²) < 4.78 is 5.72. The minimum atomic E-state index is 0.297. The molecule has 0 bridgehead atoms. The first-order valence-corrected chi connectivity index (χ1v) is 8.17. The second kappa shape index (κ2) is 7.65. The molecule has 0 saturated carbocycles. The number of nitrogens with one attached hydrogen (secondary N) is 1. The smallest absolute Gasteiger partial charge is 0.0590 e. The lowest BCUT2D eigenvalue weighted by Crippen LogP contribution is -2.41. The van der Waals surface area contributed by atoms with Gasteiger partial charge in [-0.25, -0.2) is 0 Å². The molecular weight excluding hydrogens is 293 g/mol. The Morgan fingerprint density at radius 3 is 2.60 bits per heavy atom. The van der Waals surface area contributed by atoms with Crippen LogP contribution in [0.2, 0.25) is 10.0 Å². The van der Waals surface area contributed by atoms with Crippen LogP contribution in [0.5, 0.6) is 0 Å². The Hall–Kier alpha value is -0.280. The molecule has 112 valence electrons. The van der Waals surface area contributed by atoms with Gasteiger partial charge in [0.15, 0.2) is 0 Å². The fourth-order valence-electron chi connectivity index (χ4n) is 2.93. The van der Waals surface area contributed by atoms with Gasteiger partial charge in [-0.15, -0.1) is 0 Å². The molecule has 3 unspecified atom stereocenters. The van der Waals surface area contributed by atoms with E-state index in [1.54, 1.807) is 0 Å². The molecule has 1 aromatic carbocycles. The molecule has 2 rings (SSSR count). The van der Waals surface area contributed by atoms with E-state index >= 15 is 0 Å². The van der Waals surface area contributed by atoms with Gasteiger partial charge in [-0.05, 0) is 50.4 Å². The number of rotatable bonds is 6.